The van der Waals surface area contributed by atoms with Crippen LogP contribution in [0.1, 0.15) is 47.2 Å². The summed E-state index contributed by atoms with van der Waals surface area (Å²) in [5.41, 5.74) is 2.94. The average Bonchev–Trinajstić information content (AvgIpc) is 2.69. The molecular formula is C21H26N4O2. The molecule has 1 aromatic heterocycles. The molecule has 27 heavy (non-hydrogen) atoms. The van der Waals surface area contributed by atoms with Crippen LogP contribution in [0.2, 0.25) is 0 Å². The van der Waals surface area contributed by atoms with Gasteiger partial charge in [0, 0.05) is 49.9 Å². The minimum absolute atomic E-state index is 0.0179. The summed E-state index contributed by atoms with van der Waals surface area (Å²) < 4.78 is 0. The Bertz CT molecular complexity index is 799. The second-order valence-corrected chi connectivity index (χ2v) is 7.10. The number of hydrogen-bond donors (Lipinski definition) is 1. The first kappa shape index (κ1) is 19.0. The highest BCUT2D eigenvalue weighted by atomic mass is 16.2. The molecule has 3 rings (SSSR count). The first-order chi connectivity index (χ1) is 13.0. The number of rotatable bonds is 6. The van der Waals surface area contributed by atoms with Crippen molar-refractivity contribution in [2.45, 2.75) is 45.6 Å². The fourth-order valence-corrected chi connectivity index (χ4v) is 3.26. The molecule has 0 spiro atoms. The largest absolute Gasteiger partial charge is 0.353 e. The lowest BCUT2D eigenvalue weighted by Crippen LogP contribution is -2.45. The van der Waals surface area contributed by atoms with Gasteiger partial charge in [-0.05, 0) is 49.9 Å². The molecule has 1 aliphatic rings. The van der Waals surface area contributed by atoms with E-state index in [-0.39, 0.29) is 30.6 Å². The first-order valence-electron chi connectivity index (χ1n) is 9.44. The molecule has 1 amide bonds. The van der Waals surface area contributed by atoms with Crippen molar-refractivity contribution >= 4 is 17.6 Å². The van der Waals surface area contributed by atoms with Crippen molar-refractivity contribution in [1.82, 2.24) is 15.3 Å². The maximum Gasteiger partial charge on any atom is 0.225 e. The van der Waals surface area contributed by atoms with Crippen LogP contribution in [0.3, 0.4) is 0 Å². The van der Waals surface area contributed by atoms with E-state index in [2.05, 4.69) is 20.2 Å². The van der Waals surface area contributed by atoms with Crippen LogP contribution in [0.15, 0.2) is 36.7 Å². The van der Waals surface area contributed by atoms with Crippen LogP contribution in [-0.2, 0) is 4.79 Å². The van der Waals surface area contributed by atoms with E-state index < -0.39 is 0 Å². The molecule has 142 valence electrons. The molecule has 0 unspecified atom stereocenters. The Morgan fingerprint density at radius 3 is 2.44 bits per heavy atom. The number of benzene rings is 1. The summed E-state index contributed by atoms with van der Waals surface area (Å²) in [5, 5.41) is 3.06. The molecule has 0 radical (unpaired) electrons. The second-order valence-electron chi connectivity index (χ2n) is 7.10. The van der Waals surface area contributed by atoms with E-state index in [1.165, 1.54) is 0 Å². The molecule has 1 N–H and O–H groups in total. The number of aromatic nitrogens is 2. The molecule has 1 aliphatic heterocycles. The smallest absolute Gasteiger partial charge is 0.225 e. The molecule has 6 nitrogen and oxygen atoms in total. The third-order valence-electron chi connectivity index (χ3n) is 5.10. The Balaban J connectivity index is 1.42. The van der Waals surface area contributed by atoms with Crippen LogP contribution in [-0.4, -0.2) is 40.8 Å². The third kappa shape index (κ3) is 5.12. The Morgan fingerprint density at radius 2 is 1.78 bits per heavy atom. The van der Waals surface area contributed by atoms with Gasteiger partial charge in [0.1, 0.15) is 0 Å². The van der Waals surface area contributed by atoms with E-state index >= 15 is 0 Å². The topological polar surface area (TPSA) is 75.2 Å². The van der Waals surface area contributed by atoms with Gasteiger partial charge in [-0.15, -0.1) is 0 Å². The van der Waals surface area contributed by atoms with Crippen molar-refractivity contribution in [1.29, 1.82) is 0 Å². The van der Waals surface area contributed by atoms with E-state index in [1.807, 2.05) is 32.0 Å². The zero-order chi connectivity index (χ0) is 19.2. The SMILES string of the molecule is Cc1ccc(C(=O)CCC(=O)NC2CCN(c3ncccn3)CC2)cc1C. The van der Waals surface area contributed by atoms with Crippen molar-refractivity contribution in [2.75, 3.05) is 18.0 Å². The highest BCUT2D eigenvalue weighted by molar-refractivity contribution is 5.98. The number of amides is 1. The predicted octanol–water partition coefficient (Wildman–Crippen LogP) is 2.84. The number of hydrogen-bond acceptors (Lipinski definition) is 5. The fourth-order valence-electron chi connectivity index (χ4n) is 3.26. The molecule has 0 saturated carbocycles. The molecule has 2 aromatic rings. The number of ketones is 1. The Morgan fingerprint density at radius 1 is 1.07 bits per heavy atom. The summed E-state index contributed by atoms with van der Waals surface area (Å²) in [4.78, 5) is 35.2. The van der Waals surface area contributed by atoms with Gasteiger partial charge in [0.15, 0.2) is 5.78 Å². The van der Waals surface area contributed by atoms with Gasteiger partial charge in [0.05, 0.1) is 0 Å². The maximum atomic E-state index is 12.3. The summed E-state index contributed by atoms with van der Waals surface area (Å²) in [6.07, 6.45) is 5.66. The number of Topliss-reactive ketones (excluding diaryl/α,β-unsaturated/α-hetero) is 1. The fraction of sp³-hybridized carbons (Fsp3) is 0.429. The van der Waals surface area contributed by atoms with Crippen LogP contribution in [0.25, 0.3) is 0 Å². The highest BCUT2D eigenvalue weighted by Crippen LogP contribution is 2.16. The molecule has 1 aromatic carbocycles. The number of nitrogens with one attached hydrogen (secondary N) is 1. The monoisotopic (exact) mass is 366 g/mol. The van der Waals surface area contributed by atoms with Gasteiger partial charge in [-0.25, -0.2) is 9.97 Å². The average molecular weight is 366 g/mol. The van der Waals surface area contributed by atoms with E-state index in [9.17, 15) is 9.59 Å². The van der Waals surface area contributed by atoms with Gasteiger partial charge >= 0.3 is 0 Å². The Hall–Kier alpha value is -2.76. The normalized spacial score (nSPS) is 14.8. The molecule has 1 fully saturated rings. The van der Waals surface area contributed by atoms with Crippen LogP contribution in [0.5, 0.6) is 0 Å². The van der Waals surface area contributed by atoms with Crippen LogP contribution in [0, 0.1) is 13.8 Å². The van der Waals surface area contributed by atoms with Crippen molar-refractivity contribution in [3.8, 4) is 0 Å². The minimum Gasteiger partial charge on any atom is -0.353 e. The third-order valence-corrected chi connectivity index (χ3v) is 5.10. The molecule has 0 atom stereocenters. The molecule has 6 heteroatoms. The minimum atomic E-state index is -0.0541. The molecular weight excluding hydrogens is 340 g/mol. The van der Waals surface area contributed by atoms with Gasteiger partial charge in [0.25, 0.3) is 0 Å². The lowest BCUT2D eigenvalue weighted by molar-refractivity contribution is -0.121. The standard InChI is InChI=1S/C21H26N4O2/c1-15-4-5-17(14-16(15)2)19(26)6-7-20(27)24-18-8-12-25(13-9-18)21-22-10-3-11-23-21/h3-5,10-11,14,18H,6-9,12-13H2,1-2H3,(H,24,27). The van der Waals surface area contributed by atoms with Gasteiger partial charge in [-0.2, -0.15) is 0 Å². The second kappa shape index (κ2) is 8.75. The van der Waals surface area contributed by atoms with Gasteiger partial charge in [-0.1, -0.05) is 12.1 Å². The summed E-state index contributed by atoms with van der Waals surface area (Å²) in [6.45, 7) is 5.64. The number of carbonyl (C=O) groups excluding carboxylic acids is 2. The van der Waals surface area contributed by atoms with E-state index in [0.29, 0.717) is 5.56 Å². The Kier molecular flexibility index (Phi) is 6.16. The van der Waals surface area contributed by atoms with Crippen molar-refractivity contribution in [3.05, 3.63) is 53.3 Å². The lowest BCUT2D eigenvalue weighted by Gasteiger charge is -2.32. The van der Waals surface area contributed by atoms with Crippen LogP contribution >= 0.6 is 0 Å². The van der Waals surface area contributed by atoms with E-state index in [1.54, 1.807) is 18.5 Å². The Labute approximate surface area is 160 Å². The quantitative estimate of drug-likeness (QED) is 0.796. The number of nitrogens with zero attached hydrogens (tertiary/aromatic N) is 3. The molecule has 0 bridgehead atoms. The van der Waals surface area contributed by atoms with Gasteiger partial charge < -0.3 is 10.2 Å². The number of piperidine rings is 1. The van der Waals surface area contributed by atoms with E-state index in [0.717, 1.165) is 43.0 Å². The van der Waals surface area contributed by atoms with Crippen LogP contribution in [0.4, 0.5) is 5.95 Å². The van der Waals surface area contributed by atoms with Gasteiger partial charge in [0.2, 0.25) is 11.9 Å². The van der Waals surface area contributed by atoms with E-state index in [4.69, 9.17) is 0 Å². The molecule has 0 aliphatic carbocycles. The van der Waals surface area contributed by atoms with Crippen LogP contribution < -0.4 is 10.2 Å². The zero-order valence-electron chi connectivity index (χ0n) is 15.9. The number of aryl methyl sites for hydroxylation is 2. The predicted molar refractivity (Wildman–Crippen MR) is 105 cm³/mol. The molecule has 1 saturated heterocycles. The summed E-state index contributed by atoms with van der Waals surface area (Å²) >= 11 is 0. The number of anilines is 1. The lowest BCUT2D eigenvalue weighted by atomic mass is 10.0. The summed E-state index contributed by atoms with van der Waals surface area (Å²) in [7, 11) is 0. The summed E-state index contributed by atoms with van der Waals surface area (Å²) in [6, 6.07) is 7.64. The van der Waals surface area contributed by atoms with Crippen molar-refractivity contribution in [3.63, 3.8) is 0 Å². The highest BCUT2D eigenvalue weighted by Gasteiger charge is 2.22. The zero-order valence-corrected chi connectivity index (χ0v) is 15.9. The van der Waals surface area contributed by atoms with Crippen molar-refractivity contribution in [2.24, 2.45) is 0 Å². The van der Waals surface area contributed by atoms with Gasteiger partial charge in [-0.3, -0.25) is 9.59 Å². The van der Waals surface area contributed by atoms with Crippen molar-refractivity contribution < 1.29 is 9.59 Å². The maximum absolute atomic E-state index is 12.3. The first-order valence-corrected chi connectivity index (χ1v) is 9.44. The number of carbonyl (C=O) groups is 2. The molecule has 2 heterocycles. The summed E-state index contributed by atoms with van der Waals surface area (Å²) in [5.74, 6) is 0.701.